The molecule has 1 rings (SSSR count). The van der Waals surface area contributed by atoms with Crippen LogP contribution in [0.25, 0.3) is 0 Å². The smallest absolute Gasteiger partial charge is 0.388 e. The highest BCUT2D eigenvalue weighted by atomic mass is 35.5. The molecule has 0 aliphatic rings. The highest BCUT2D eigenvalue weighted by molar-refractivity contribution is 6.30. The van der Waals surface area contributed by atoms with Crippen LogP contribution in [0.3, 0.4) is 0 Å². The maximum absolute atomic E-state index is 12.4. The van der Waals surface area contributed by atoms with E-state index < -0.39 is 34.9 Å². The molecule has 0 fully saturated rings. The predicted molar refractivity (Wildman–Crippen MR) is 45.6 cm³/mol. The number of pyridine rings is 1. The lowest BCUT2D eigenvalue weighted by atomic mass is 10.1. The zero-order valence-corrected chi connectivity index (χ0v) is 8.48. The molecule has 1 heterocycles. The van der Waals surface area contributed by atoms with Gasteiger partial charge in [-0.1, -0.05) is 11.6 Å². The van der Waals surface area contributed by atoms with E-state index in [0.717, 1.165) is 0 Å². The van der Waals surface area contributed by atoms with Crippen LogP contribution in [0.1, 0.15) is 17.6 Å². The summed E-state index contributed by atoms with van der Waals surface area (Å²) in [6, 6.07) is 1.65. The minimum absolute atomic E-state index is 0.322. The van der Waals surface area contributed by atoms with Gasteiger partial charge in [0.25, 0.3) is 6.43 Å². The van der Waals surface area contributed by atoms with Crippen molar-refractivity contribution in [2.24, 2.45) is 0 Å². The summed E-state index contributed by atoms with van der Waals surface area (Å²) < 4.78 is 63.7. The van der Waals surface area contributed by atoms with E-state index in [9.17, 15) is 22.0 Å². The van der Waals surface area contributed by atoms with Crippen molar-refractivity contribution in [2.75, 3.05) is 0 Å². The molecule has 0 spiro atoms. The van der Waals surface area contributed by atoms with E-state index in [2.05, 4.69) is 9.72 Å². The van der Waals surface area contributed by atoms with E-state index in [-0.39, 0.29) is 0 Å². The summed E-state index contributed by atoms with van der Waals surface area (Å²) in [6.07, 6.45) is -8.25. The minimum atomic E-state index is -5.08. The molecule has 0 atom stereocenters. The van der Waals surface area contributed by atoms with Gasteiger partial charge < -0.3 is 4.74 Å². The van der Waals surface area contributed by atoms with Gasteiger partial charge in [-0.2, -0.15) is 10.2 Å². The largest absolute Gasteiger partial charge is 0.574 e. The van der Waals surface area contributed by atoms with Gasteiger partial charge in [0, 0.05) is 11.6 Å². The first-order valence-electron chi connectivity index (χ1n) is 3.89. The average Bonchev–Trinajstić information content (AvgIpc) is 2.13. The summed E-state index contributed by atoms with van der Waals surface area (Å²) in [5.41, 5.74) is -1.65. The Balaban J connectivity index is 3.26. The first-order chi connectivity index (χ1) is 7.74. The Hall–Kier alpha value is -1.62. The molecule has 0 saturated carbocycles. The third-order valence-electron chi connectivity index (χ3n) is 1.55. The number of nitrogens with zero attached hydrogens (tertiary/aromatic N) is 2. The summed E-state index contributed by atoms with van der Waals surface area (Å²) >= 11 is 5.29. The van der Waals surface area contributed by atoms with Gasteiger partial charge in [0.2, 0.25) is 5.88 Å². The van der Waals surface area contributed by atoms with E-state index in [0.29, 0.717) is 6.07 Å². The molecule has 0 aliphatic heterocycles. The number of hydrogen-bond acceptors (Lipinski definition) is 3. The maximum Gasteiger partial charge on any atom is 0.574 e. The predicted octanol–water partition coefficient (Wildman–Crippen LogP) is 3.44. The average molecular weight is 273 g/mol. The Labute approximate surface area is 96.4 Å². The van der Waals surface area contributed by atoms with Crippen LogP contribution >= 0.6 is 11.6 Å². The van der Waals surface area contributed by atoms with Gasteiger partial charge in [0.15, 0.2) is 5.15 Å². The van der Waals surface area contributed by atoms with Gasteiger partial charge in [-0.3, -0.25) is 0 Å². The van der Waals surface area contributed by atoms with Crippen molar-refractivity contribution in [1.29, 1.82) is 5.26 Å². The van der Waals surface area contributed by atoms with Gasteiger partial charge in [-0.25, -0.2) is 8.78 Å². The lowest BCUT2D eigenvalue weighted by molar-refractivity contribution is -0.276. The molecule has 0 N–H and O–H groups in total. The van der Waals surface area contributed by atoms with Crippen molar-refractivity contribution in [1.82, 2.24) is 4.98 Å². The quantitative estimate of drug-likeness (QED) is 0.612. The van der Waals surface area contributed by atoms with Crippen molar-refractivity contribution >= 4 is 11.6 Å². The number of ether oxygens (including phenoxy) is 1. The summed E-state index contributed by atoms with van der Waals surface area (Å²) in [6.45, 7) is 0. The number of aromatic nitrogens is 1. The second kappa shape index (κ2) is 4.71. The molecule has 0 radical (unpaired) electrons. The fourth-order valence-electron chi connectivity index (χ4n) is 0.963. The third-order valence-corrected chi connectivity index (χ3v) is 1.82. The van der Waals surface area contributed by atoms with Crippen LogP contribution in [0.15, 0.2) is 6.07 Å². The van der Waals surface area contributed by atoms with E-state index in [1.165, 1.54) is 6.07 Å². The number of alkyl halides is 5. The van der Waals surface area contributed by atoms with Crippen molar-refractivity contribution in [2.45, 2.75) is 12.8 Å². The topological polar surface area (TPSA) is 45.9 Å². The third kappa shape index (κ3) is 3.42. The van der Waals surface area contributed by atoms with Crippen LogP contribution in [0.5, 0.6) is 5.88 Å². The van der Waals surface area contributed by atoms with Crippen molar-refractivity contribution in [3.05, 3.63) is 22.3 Å². The Bertz CT molecular complexity index is 468. The van der Waals surface area contributed by atoms with Gasteiger partial charge in [-0.05, 0) is 0 Å². The van der Waals surface area contributed by atoms with Crippen LogP contribution < -0.4 is 4.74 Å². The van der Waals surface area contributed by atoms with Crippen LogP contribution in [0.2, 0.25) is 5.15 Å². The lowest BCUT2D eigenvalue weighted by Gasteiger charge is -2.10. The molecular weight excluding hydrogens is 271 g/mol. The molecule has 9 heteroatoms. The fourth-order valence-corrected chi connectivity index (χ4v) is 1.20. The molecule has 92 valence electrons. The number of nitriles is 1. The SMILES string of the molecule is N#Cc1c(C(F)F)cc(OC(F)(F)F)nc1Cl. The molecule has 0 bridgehead atoms. The Kier molecular flexibility index (Phi) is 3.72. The van der Waals surface area contributed by atoms with Crippen LogP contribution in [0, 0.1) is 11.3 Å². The maximum atomic E-state index is 12.4. The Morgan fingerprint density at radius 3 is 2.41 bits per heavy atom. The first kappa shape index (κ1) is 13.4. The number of rotatable bonds is 2. The molecule has 0 amide bonds. The van der Waals surface area contributed by atoms with Gasteiger partial charge in [0.1, 0.15) is 6.07 Å². The van der Waals surface area contributed by atoms with Crippen LogP contribution in [-0.4, -0.2) is 11.3 Å². The van der Waals surface area contributed by atoms with Crippen molar-refractivity contribution in [3.8, 4) is 11.9 Å². The molecular formula is C8H2ClF5N2O. The second-order valence-electron chi connectivity index (χ2n) is 2.68. The monoisotopic (exact) mass is 272 g/mol. The van der Waals surface area contributed by atoms with E-state index in [1.807, 2.05) is 0 Å². The molecule has 0 aliphatic carbocycles. The molecule has 0 unspecified atom stereocenters. The minimum Gasteiger partial charge on any atom is -0.388 e. The number of halogens is 6. The standard InChI is InChI=1S/C8H2ClF5N2O/c9-6-4(2-15)3(7(10)11)1-5(16-6)17-8(12,13)14/h1,7H. The molecule has 1 aromatic rings. The molecule has 3 nitrogen and oxygen atoms in total. The van der Waals surface area contributed by atoms with Crippen molar-refractivity contribution < 1.29 is 26.7 Å². The first-order valence-corrected chi connectivity index (χ1v) is 4.27. The normalized spacial score (nSPS) is 11.4. The summed E-state index contributed by atoms with van der Waals surface area (Å²) in [4.78, 5) is 3.04. The van der Waals surface area contributed by atoms with Gasteiger partial charge in [-0.15, -0.1) is 13.2 Å². The summed E-state index contributed by atoms with van der Waals surface area (Å²) in [5.74, 6) is -1.14. The highest BCUT2D eigenvalue weighted by Crippen LogP contribution is 2.31. The summed E-state index contributed by atoms with van der Waals surface area (Å²) in [5, 5.41) is 7.73. The highest BCUT2D eigenvalue weighted by Gasteiger charge is 2.33. The van der Waals surface area contributed by atoms with E-state index in [1.54, 1.807) is 0 Å². The summed E-state index contributed by atoms with van der Waals surface area (Å²) in [7, 11) is 0. The molecule has 0 aromatic carbocycles. The molecule has 17 heavy (non-hydrogen) atoms. The van der Waals surface area contributed by atoms with Gasteiger partial charge in [0.05, 0.1) is 5.56 Å². The zero-order valence-electron chi connectivity index (χ0n) is 7.73. The number of hydrogen-bond donors (Lipinski definition) is 0. The molecule has 1 aromatic heterocycles. The van der Waals surface area contributed by atoms with Gasteiger partial charge >= 0.3 is 6.36 Å². The van der Waals surface area contributed by atoms with Crippen LogP contribution in [0.4, 0.5) is 22.0 Å². The fraction of sp³-hybridized carbons (Fsp3) is 0.250. The lowest BCUT2D eigenvalue weighted by Crippen LogP contribution is -2.18. The van der Waals surface area contributed by atoms with E-state index >= 15 is 0 Å². The Morgan fingerprint density at radius 1 is 1.41 bits per heavy atom. The van der Waals surface area contributed by atoms with Crippen LogP contribution in [-0.2, 0) is 0 Å². The van der Waals surface area contributed by atoms with Crippen molar-refractivity contribution in [3.63, 3.8) is 0 Å². The zero-order chi connectivity index (χ0) is 13.2. The Morgan fingerprint density at radius 2 is 2.00 bits per heavy atom. The van der Waals surface area contributed by atoms with E-state index in [4.69, 9.17) is 16.9 Å². The second-order valence-corrected chi connectivity index (χ2v) is 3.03. The molecule has 0 saturated heterocycles.